The van der Waals surface area contributed by atoms with Crippen LogP contribution in [0.3, 0.4) is 0 Å². The van der Waals surface area contributed by atoms with E-state index in [9.17, 15) is 9.59 Å². The Balaban J connectivity index is 2.11. The summed E-state index contributed by atoms with van der Waals surface area (Å²) in [4.78, 5) is 25.2. The molecule has 0 radical (unpaired) electrons. The first-order chi connectivity index (χ1) is 10.9. The first-order valence-corrected chi connectivity index (χ1v) is 8.06. The lowest BCUT2D eigenvalue weighted by atomic mass is 10.1. The number of rotatable bonds is 6. The van der Waals surface area contributed by atoms with Gasteiger partial charge in [-0.2, -0.15) is 5.10 Å². The van der Waals surface area contributed by atoms with E-state index in [-0.39, 0.29) is 31.5 Å². The Hall–Kier alpha value is -1.60. The number of aromatic nitrogens is 2. The van der Waals surface area contributed by atoms with E-state index in [0.29, 0.717) is 23.9 Å². The molecule has 1 aliphatic rings. The standard InChI is InChI=1S/C15H22ClN3O4/c1-10-15(16)11(2)19(17-10)9-13(20)18(6-3-14(21)22)12-4-7-23-8-5-12/h12H,3-9H2,1-2H3,(H,21,22). The molecular formula is C15H22ClN3O4. The maximum atomic E-state index is 12.7. The number of carbonyl (C=O) groups is 2. The van der Waals surface area contributed by atoms with Crippen molar-refractivity contribution in [2.45, 2.75) is 45.7 Å². The van der Waals surface area contributed by atoms with Crippen LogP contribution in [0, 0.1) is 13.8 Å². The van der Waals surface area contributed by atoms with Crippen LogP contribution in [0.5, 0.6) is 0 Å². The molecule has 1 fully saturated rings. The molecule has 1 aliphatic heterocycles. The summed E-state index contributed by atoms with van der Waals surface area (Å²) in [6.45, 7) is 5.05. The SMILES string of the molecule is Cc1nn(CC(=O)N(CCC(=O)O)C2CCOCC2)c(C)c1Cl. The van der Waals surface area contributed by atoms with E-state index in [4.69, 9.17) is 21.4 Å². The van der Waals surface area contributed by atoms with Crippen molar-refractivity contribution in [3.63, 3.8) is 0 Å². The van der Waals surface area contributed by atoms with Crippen molar-refractivity contribution in [3.8, 4) is 0 Å². The Morgan fingerprint density at radius 2 is 2.04 bits per heavy atom. The second-order valence-electron chi connectivity index (χ2n) is 5.72. The number of carboxylic acids is 1. The Bertz CT molecular complexity index is 582. The summed E-state index contributed by atoms with van der Waals surface area (Å²) in [7, 11) is 0. The van der Waals surface area contributed by atoms with Crippen molar-refractivity contribution >= 4 is 23.5 Å². The molecule has 1 N–H and O–H groups in total. The number of ether oxygens (including phenoxy) is 1. The fourth-order valence-corrected chi connectivity index (χ4v) is 2.91. The molecule has 0 aromatic carbocycles. The number of carboxylic acid groups (broad SMARTS) is 1. The minimum atomic E-state index is -0.913. The van der Waals surface area contributed by atoms with Crippen LogP contribution in [0.4, 0.5) is 0 Å². The van der Waals surface area contributed by atoms with Gasteiger partial charge in [0.1, 0.15) is 6.54 Å². The molecule has 2 heterocycles. The molecule has 23 heavy (non-hydrogen) atoms. The van der Waals surface area contributed by atoms with Crippen LogP contribution in [0.1, 0.15) is 30.7 Å². The summed E-state index contributed by atoms with van der Waals surface area (Å²) in [6.07, 6.45) is 1.38. The molecular weight excluding hydrogens is 322 g/mol. The van der Waals surface area contributed by atoms with Gasteiger partial charge in [0.05, 0.1) is 22.8 Å². The lowest BCUT2D eigenvalue weighted by Crippen LogP contribution is -2.46. The highest BCUT2D eigenvalue weighted by Crippen LogP contribution is 2.20. The summed E-state index contributed by atoms with van der Waals surface area (Å²) < 4.78 is 6.90. The fourth-order valence-electron chi connectivity index (χ4n) is 2.77. The maximum Gasteiger partial charge on any atom is 0.305 e. The fraction of sp³-hybridized carbons (Fsp3) is 0.667. The number of aliphatic carboxylic acids is 1. The molecule has 1 amide bonds. The molecule has 8 heteroatoms. The van der Waals surface area contributed by atoms with Gasteiger partial charge in [-0.3, -0.25) is 14.3 Å². The average molecular weight is 344 g/mol. The average Bonchev–Trinajstić information content (AvgIpc) is 2.75. The van der Waals surface area contributed by atoms with E-state index in [2.05, 4.69) is 5.10 Å². The van der Waals surface area contributed by atoms with Gasteiger partial charge in [0, 0.05) is 25.8 Å². The molecule has 0 bridgehead atoms. The second kappa shape index (κ2) is 7.79. The Kier molecular flexibility index (Phi) is 6.01. The number of carbonyl (C=O) groups excluding carboxylic acids is 1. The van der Waals surface area contributed by atoms with E-state index >= 15 is 0 Å². The Morgan fingerprint density at radius 1 is 1.39 bits per heavy atom. The van der Waals surface area contributed by atoms with Crippen LogP contribution in [0.25, 0.3) is 0 Å². The summed E-state index contributed by atoms with van der Waals surface area (Å²) in [5.74, 6) is -1.05. The molecule has 128 valence electrons. The number of aryl methyl sites for hydroxylation is 1. The van der Waals surface area contributed by atoms with Crippen molar-refractivity contribution < 1.29 is 19.4 Å². The lowest BCUT2D eigenvalue weighted by Gasteiger charge is -2.34. The molecule has 0 aliphatic carbocycles. The first-order valence-electron chi connectivity index (χ1n) is 7.68. The van der Waals surface area contributed by atoms with Crippen molar-refractivity contribution in [2.75, 3.05) is 19.8 Å². The quantitative estimate of drug-likeness (QED) is 0.848. The predicted molar refractivity (Wildman–Crippen MR) is 84.5 cm³/mol. The van der Waals surface area contributed by atoms with Crippen molar-refractivity contribution in [1.82, 2.24) is 14.7 Å². The highest BCUT2D eigenvalue weighted by molar-refractivity contribution is 6.31. The minimum absolute atomic E-state index is 0.0167. The van der Waals surface area contributed by atoms with Gasteiger partial charge in [0.25, 0.3) is 0 Å². The molecule has 1 aromatic heterocycles. The van der Waals surface area contributed by atoms with E-state index < -0.39 is 5.97 Å². The van der Waals surface area contributed by atoms with Gasteiger partial charge < -0.3 is 14.7 Å². The number of halogens is 1. The van der Waals surface area contributed by atoms with Crippen LogP contribution in [-0.2, 0) is 20.9 Å². The highest BCUT2D eigenvalue weighted by atomic mass is 35.5. The van der Waals surface area contributed by atoms with E-state index in [1.807, 2.05) is 6.92 Å². The molecule has 1 aromatic rings. The van der Waals surface area contributed by atoms with Gasteiger partial charge in [-0.1, -0.05) is 11.6 Å². The van der Waals surface area contributed by atoms with E-state index in [1.54, 1.807) is 16.5 Å². The van der Waals surface area contributed by atoms with Gasteiger partial charge in [-0.15, -0.1) is 0 Å². The summed E-state index contributed by atoms with van der Waals surface area (Å²) in [5, 5.41) is 13.7. The number of amides is 1. The van der Waals surface area contributed by atoms with E-state index in [0.717, 1.165) is 18.5 Å². The van der Waals surface area contributed by atoms with Crippen LogP contribution in [0.2, 0.25) is 5.02 Å². The van der Waals surface area contributed by atoms with Gasteiger partial charge in [0.15, 0.2) is 0 Å². The zero-order chi connectivity index (χ0) is 17.0. The molecule has 7 nitrogen and oxygen atoms in total. The van der Waals surface area contributed by atoms with Crippen LogP contribution in [-0.4, -0.2) is 57.5 Å². The normalized spacial score (nSPS) is 15.6. The molecule has 0 saturated carbocycles. The maximum absolute atomic E-state index is 12.7. The first kappa shape index (κ1) is 17.7. The zero-order valence-electron chi connectivity index (χ0n) is 13.4. The van der Waals surface area contributed by atoms with Crippen molar-refractivity contribution in [2.24, 2.45) is 0 Å². The second-order valence-corrected chi connectivity index (χ2v) is 6.09. The van der Waals surface area contributed by atoms with Gasteiger partial charge >= 0.3 is 5.97 Å². The van der Waals surface area contributed by atoms with Crippen LogP contribution in [0.15, 0.2) is 0 Å². The predicted octanol–water partition coefficient (Wildman–Crippen LogP) is 1.64. The molecule has 1 saturated heterocycles. The topological polar surface area (TPSA) is 84.7 Å². The third-order valence-electron chi connectivity index (χ3n) is 4.10. The van der Waals surface area contributed by atoms with Crippen LogP contribution >= 0.6 is 11.6 Å². The minimum Gasteiger partial charge on any atom is -0.481 e. The van der Waals surface area contributed by atoms with Gasteiger partial charge in [-0.25, -0.2) is 0 Å². The monoisotopic (exact) mass is 343 g/mol. The van der Waals surface area contributed by atoms with E-state index in [1.165, 1.54) is 0 Å². The summed E-state index contributed by atoms with van der Waals surface area (Å²) in [6, 6.07) is 0.0167. The molecule has 0 spiro atoms. The highest BCUT2D eigenvalue weighted by Gasteiger charge is 2.27. The van der Waals surface area contributed by atoms with Crippen LogP contribution < -0.4 is 0 Å². The zero-order valence-corrected chi connectivity index (χ0v) is 14.2. The number of nitrogens with zero attached hydrogens (tertiary/aromatic N) is 3. The van der Waals surface area contributed by atoms with Gasteiger partial charge in [0.2, 0.25) is 5.91 Å². The Labute approximate surface area is 140 Å². The summed E-state index contributed by atoms with van der Waals surface area (Å²) >= 11 is 6.11. The number of hydrogen-bond acceptors (Lipinski definition) is 4. The third kappa shape index (κ3) is 4.45. The number of hydrogen-bond donors (Lipinski definition) is 1. The lowest BCUT2D eigenvalue weighted by molar-refractivity contribution is -0.140. The largest absolute Gasteiger partial charge is 0.481 e. The van der Waals surface area contributed by atoms with Crippen molar-refractivity contribution in [1.29, 1.82) is 0 Å². The van der Waals surface area contributed by atoms with Gasteiger partial charge in [-0.05, 0) is 26.7 Å². The Morgan fingerprint density at radius 3 is 2.57 bits per heavy atom. The molecule has 0 atom stereocenters. The molecule has 0 unspecified atom stereocenters. The molecule has 2 rings (SSSR count). The third-order valence-corrected chi connectivity index (χ3v) is 4.64. The smallest absolute Gasteiger partial charge is 0.305 e. The summed E-state index contributed by atoms with van der Waals surface area (Å²) in [5.41, 5.74) is 1.42. The van der Waals surface area contributed by atoms with Crippen molar-refractivity contribution in [3.05, 3.63) is 16.4 Å².